The van der Waals surface area contributed by atoms with Gasteiger partial charge in [0.15, 0.2) is 0 Å². The number of methoxy groups -OCH3 is 1. The van der Waals surface area contributed by atoms with E-state index in [1.54, 1.807) is 13.4 Å². The summed E-state index contributed by atoms with van der Waals surface area (Å²) in [5, 5.41) is 2.93. The van der Waals surface area contributed by atoms with Crippen molar-refractivity contribution in [1.82, 2.24) is 0 Å². The molecule has 128 valence electrons. The van der Waals surface area contributed by atoms with Crippen LogP contribution in [0, 0.1) is 6.92 Å². The number of carbonyl (C=O) groups is 1. The number of amides is 1. The lowest BCUT2D eigenvalue weighted by atomic mass is 9.92. The van der Waals surface area contributed by atoms with Crippen molar-refractivity contribution in [3.63, 3.8) is 0 Å². The molecule has 0 saturated heterocycles. The zero-order valence-electron chi connectivity index (χ0n) is 14.4. The van der Waals surface area contributed by atoms with Crippen molar-refractivity contribution in [2.45, 2.75) is 19.3 Å². The minimum atomic E-state index is -0.117. The van der Waals surface area contributed by atoms with Gasteiger partial charge in [-0.1, -0.05) is 29.8 Å². The van der Waals surface area contributed by atoms with Gasteiger partial charge in [0.2, 0.25) is 5.91 Å². The number of aryl methyl sites for hydroxylation is 1. The van der Waals surface area contributed by atoms with Crippen molar-refractivity contribution in [3.05, 3.63) is 83.8 Å². The maximum atomic E-state index is 12.5. The third-order valence-electron chi connectivity index (χ3n) is 4.13. The summed E-state index contributed by atoms with van der Waals surface area (Å²) >= 11 is 0. The molecule has 0 aliphatic rings. The molecular formula is C21H21NO3. The fourth-order valence-electron chi connectivity index (χ4n) is 2.74. The number of rotatable bonds is 6. The van der Waals surface area contributed by atoms with E-state index in [4.69, 9.17) is 9.15 Å². The first-order valence-electron chi connectivity index (χ1n) is 8.19. The highest BCUT2D eigenvalue weighted by atomic mass is 16.5. The van der Waals surface area contributed by atoms with Crippen LogP contribution in [0.2, 0.25) is 0 Å². The summed E-state index contributed by atoms with van der Waals surface area (Å²) in [7, 11) is 1.61. The summed E-state index contributed by atoms with van der Waals surface area (Å²) in [5.74, 6) is 1.36. The average Bonchev–Trinajstić information content (AvgIpc) is 3.15. The number of anilines is 1. The first-order valence-corrected chi connectivity index (χ1v) is 8.19. The summed E-state index contributed by atoms with van der Waals surface area (Å²) in [4.78, 5) is 12.5. The standard InChI is InChI=1S/C21H21NO3/c1-15-5-7-16(8-6-15)19(20-4-3-13-25-20)14-21(23)22-17-9-11-18(24-2)12-10-17/h3-13,19H,14H2,1-2H3,(H,22,23)/t19-/m1/s1. The Morgan fingerprint density at radius 3 is 2.40 bits per heavy atom. The Balaban J connectivity index is 1.75. The molecule has 3 aromatic rings. The van der Waals surface area contributed by atoms with E-state index in [9.17, 15) is 4.79 Å². The number of hydrogen-bond acceptors (Lipinski definition) is 3. The Morgan fingerprint density at radius 2 is 1.80 bits per heavy atom. The molecule has 0 fully saturated rings. The van der Waals surface area contributed by atoms with Crippen LogP contribution in [0.1, 0.15) is 29.2 Å². The third-order valence-corrected chi connectivity index (χ3v) is 4.13. The minimum Gasteiger partial charge on any atom is -0.497 e. The van der Waals surface area contributed by atoms with Gasteiger partial charge in [-0.2, -0.15) is 0 Å². The molecule has 1 atom stereocenters. The number of carbonyl (C=O) groups excluding carboxylic acids is 1. The Hall–Kier alpha value is -3.01. The summed E-state index contributed by atoms with van der Waals surface area (Å²) in [5.41, 5.74) is 2.99. The van der Waals surface area contributed by atoms with E-state index in [2.05, 4.69) is 5.32 Å². The van der Waals surface area contributed by atoms with E-state index in [-0.39, 0.29) is 11.8 Å². The molecule has 0 aliphatic carbocycles. The lowest BCUT2D eigenvalue weighted by Gasteiger charge is -2.15. The molecule has 4 heteroatoms. The second kappa shape index (κ2) is 7.71. The highest BCUT2D eigenvalue weighted by Crippen LogP contribution is 2.29. The Labute approximate surface area is 147 Å². The first-order chi connectivity index (χ1) is 12.2. The van der Waals surface area contributed by atoms with Gasteiger partial charge < -0.3 is 14.5 Å². The highest BCUT2D eigenvalue weighted by Gasteiger charge is 2.20. The second-order valence-electron chi connectivity index (χ2n) is 5.96. The number of ether oxygens (including phenoxy) is 1. The van der Waals surface area contributed by atoms with Crippen LogP contribution in [0.5, 0.6) is 5.75 Å². The lowest BCUT2D eigenvalue weighted by molar-refractivity contribution is -0.116. The zero-order valence-corrected chi connectivity index (χ0v) is 14.4. The SMILES string of the molecule is COc1ccc(NC(=O)C[C@H](c2ccc(C)cc2)c2ccco2)cc1. The second-order valence-corrected chi connectivity index (χ2v) is 5.96. The van der Waals surface area contributed by atoms with Gasteiger partial charge in [0, 0.05) is 12.1 Å². The number of furan rings is 1. The molecular weight excluding hydrogens is 314 g/mol. The number of hydrogen-bond donors (Lipinski definition) is 1. The van der Waals surface area contributed by atoms with E-state index in [1.807, 2.05) is 67.6 Å². The van der Waals surface area contributed by atoms with Crippen LogP contribution in [0.4, 0.5) is 5.69 Å². The van der Waals surface area contributed by atoms with Crippen molar-refractivity contribution in [1.29, 1.82) is 0 Å². The van der Waals surface area contributed by atoms with Crippen LogP contribution < -0.4 is 10.1 Å². The molecule has 1 amide bonds. The van der Waals surface area contributed by atoms with Crippen molar-refractivity contribution in [2.24, 2.45) is 0 Å². The van der Waals surface area contributed by atoms with Crippen molar-refractivity contribution >= 4 is 11.6 Å². The normalized spacial score (nSPS) is 11.8. The van der Waals surface area contributed by atoms with Crippen LogP contribution in [0.3, 0.4) is 0 Å². The molecule has 3 rings (SSSR count). The molecule has 0 saturated carbocycles. The molecule has 0 aliphatic heterocycles. The van der Waals surface area contributed by atoms with Gasteiger partial charge in [0.05, 0.1) is 19.3 Å². The Morgan fingerprint density at radius 1 is 1.08 bits per heavy atom. The van der Waals surface area contributed by atoms with Crippen LogP contribution in [-0.2, 0) is 4.79 Å². The monoisotopic (exact) mass is 335 g/mol. The number of benzene rings is 2. The Bertz CT molecular complexity index is 805. The van der Waals surface area contributed by atoms with Gasteiger partial charge in [-0.15, -0.1) is 0 Å². The fraction of sp³-hybridized carbons (Fsp3) is 0.190. The smallest absolute Gasteiger partial charge is 0.225 e. The molecule has 1 aromatic heterocycles. The summed E-state index contributed by atoms with van der Waals surface area (Å²) in [6, 6.07) is 19.2. The molecule has 0 radical (unpaired) electrons. The van der Waals surface area contributed by atoms with Gasteiger partial charge in [0.1, 0.15) is 11.5 Å². The summed E-state index contributed by atoms with van der Waals surface area (Å²) in [6.07, 6.45) is 1.94. The van der Waals surface area contributed by atoms with Gasteiger partial charge in [-0.3, -0.25) is 4.79 Å². The van der Waals surface area contributed by atoms with E-state index in [1.165, 1.54) is 5.56 Å². The maximum absolute atomic E-state index is 12.5. The number of nitrogens with one attached hydrogen (secondary N) is 1. The largest absolute Gasteiger partial charge is 0.497 e. The minimum absolute atomic E-state index is 0.0628. The molecule has 0 unspecified atom stereocenters. The highest BCUT2D eigenvalue weighted by molar-refractivity contribution is 5.91. The first kappa shape index (κ1) is 16.8. The molecule has 2 aromatic carbocycles. The van der Waals surface area contributed by atoms with Gasteiger partial charge in [0.25, 0.3) is 0 Å². The van der Waals surface area contributed by atoms with E-state index < -0.39 is 0 Å². The lowest BCUT2D eigenvalue weighted by Crippen LogP contribution is -2.16. The van der Waals surface area contributed by atoms with Crippen molar-refractivity contribution in [2.75, 3.05) is 12.4 Å². The molecule has 4 nitrogen and oxygen atoms in total. The summed E-state index contributed by atoms with van der Waals surface area (Å²) in [6.45, 7) is 2.04. The third kappa shape index (κ3) is 4.29. The van der Waals surface area contributed by atoms with Crippen LogP contribution in [0.15, 0.2) is 71.3 Å². The van der Waals surface area contributed by atoms with Gasteiger partial charge in [-0.05, 0) is 48.9 Å². The van der Waals surface area contributed by atoms with Crippen molar-refractivity contribution in [3.8, 4) is 5.75 Å². The van der Waals surface area contributed by atoms with E-state index >= 15 is 0 Å². The molecule has 1 heterocycles. The zero-order chi connectivity index (χ0) is 17.6. The van der Waals surface area contributed by atoms with E-state index in [0.29, 0.717) is 6.42 Å². The maximum Gasteiger partial charge on any atom is 0.225 e. The quantitative estimate of drug-likeness (QED) is 0.707. The topological polar surface area (TPSA) is 51.5 Å². The van der Waals surface area contributed by atoms with Gasteiger partial charge >= 0.3 is 0 Å². The molecule has 1 N–H and O–H groups in total. The van der Waals surface area contributed by atoms with E-state index in [0.717, 1.165) is 22.8 Å². The van der Waals surface area contributed by atoms with Crippen molar-refractivity contribution < 1.29 is 13.9 Å². The molecule has 0 spiro atoms. The van der Waals surface area contributed by atoms with Crippen LogP contribution in [-0.4, -0.2) is 13.0 Å². The predicted octanol–water partition coefficient (Wildman–Crippen LogP) is 4.76. The van der Waals surface area contributed by atoms with Crippen LogP contribution >= 0.6 is 0 Å². The summed E-state index contributed by atoms with van der Waals surface area (Å²) < 4.78 is 10.7. The molecule has 0 bridgehead atoms. The Kier molecular flexibility index (Phi) is 5.19. The van der Waals surface area contributed by atoms with Crippen LogP contribution in [0.25, 0.3) is 0 Å². The fourth-order valence-corrected chi connectivity index (χ4v) is 2.74. The van der Waals surface area contributed by atoms with Gasteiger partial charge in [-0.25, -0.2) is 0 Å². The molecule has 25 heavy (non-hydrogen) atoms. The average molecular weight is 335 g/mol. The predicted molar refractivity (Wildman–Crippen MR) is 98.0 cm³/mol.